The summed E-state index contributed by atoms with van der Waals surface area (Å²) in [7, 11) is 0. The normalized spacial score (nSPS) is 12.5. The zero-order valence-electron chi connectivity index (χ0n) is 14.6. The molecule has 0 aliphatic carbocycles. The maximum Gasteiger partial charge on any atom is 0.272 e. The number of hydrogen-bond acceptors (Lipinski definition) is 5. The van der Waals surface area contributed by atoms with E-state index in [9.17, 15) is 4.79 Å². The fourth-order valence-electron chi connectivity index (χ4n) is 2.75. The van der Waals surface area contributed by atoms with Crippen LogP contribution in [0.3, 0.4) is 0 Å². The third kappa shape index (κ3) is 3.85. The van der Waals surface area contributed by atoms with Crippen LogP contribution in [-0.4, -0.2) is 48.0 Å². The second-order valence-electron chi connectivity index (χ2n) is 6.25. The number of carbonyl (C=O) groups excluding carboxylic acids is 1. The lowest BCUT2D eigenvalue weighted by Gasteiger charge is -2.14. The lowest BCUT2D eigenvalue weighted by Crippen LogP contribution is -2.36. The highest BCUT2D eigenvalue weighted by Crippen LogP contribution is 2.07. The number of aryl methyl sites for hydroxylation is 2. The van der Waals surface area contributed by atoms with Crippen LogP contribution in [0.4, 0.5) is 0 Å². The Morgan fingerprint density at radius 3 is 2.80 bits per heavy atom. The van der Waals surface area contributed by atoms with Crippen LogP contribution in [0.1, 0.15) is 34.4 Å². The largest absolute Gasteiger partial charge is 0.396 e. The van der Waals surface area contributed by atoms with E-state index in [4.69, 9.17) is 5.11 Å². The van der Waals surface area contributed by atoms with Gasteiger partial charge in [0.1, 0.15) is 0 Å². The number of nitrogens with zero attached hydrogens (tertiary/aromatic N) is 5. The van der Waals surface area contributed by atoms with Crippen molar-refractivity contribution in [1.29, 1.82) is 0 Å². The van der Waals surface area contributed by atoms with E-state index < -0.39 is 0 Å². The fraction of sp³-hybridized carbons (Fsp3) is 0.412. The van der Waals surface area contributed by atoms with E-state index in [1.165, 1.54) is 0 Å². The molecule has 132 valence electrons. The highest BCUT2D eigenvalue weighted by atomic mass is 16.3. The quantitative estimate of drug-likeness (QED) is 0.693. The minimum atomic E-state index is -0.247. The summed E-state index contributed by atoms with van der Waals surface area (Å²) in [4.78, 5) is 16.7. The van der Waals surface area contributed by atoms with Gasteiger partial charge in [0.2, 0.25) is 0 Å². The molecule has 2 N–H and O–H groups in total. The van der Waals surface area contributed by atoms with Gasteiger partial charge in [-0.2, -0.15) is 10.2 Å². The lowest BCUT2D eigenvalue weighted by molar-refractivity contribution is 0.0930. The molecule has 0 saturated carbocycles. The van der Waals surface area contributed by atoms with Crippen LogP contribution in [0.5, 0.6) is 0 Å². The van der Waals surface area contributed by atoms with Gasteiger partial charge < -0.3 is 10.4 Å². The zero-order valence-corrected chi connectivity index (χ0v) is 14.6. The van der Waals surface area contributed by atoms with Crippen molar-refractivity contribution in [2.24, 2.45) is 0 Å². The van der Waals surface area contributed by atoms with Crippen molar-refractivity contribution < 1.29 is 9.90 Å². The van der Waals surface area contributed by atoms with E-state index in [0.29, 0.717) is 24.3 Å². The van der Waals surface area contributed by atoms with Gasteiger partial charge in [-0.05, 0) is 38.8 Å². The molecule has 1 atom stereocenters. The molecule has 3 heterocycles. The number of hydrogen-bond donors (Lipinski definition) is 2. The summed E-state index contributed by atoms with van der Waals surface area (Å²) in [5, 5.41) is 20.6. The third-order valence-corrected chi connectivity index (χ3v) is 3.93. The van der Waals surface area contributed by atoms with Gasteiger partial charge >= 0.3 is 0 Å². The summed E-state index contributed by atoms with van der Waals surface area (Å²) in [5.74, 6) is -0.247. The van der Waals surface area contributed by atoms with Crippen LogP contribution < -0.4 is 5.32 Å². The second kappa shape index (κ2) is 7.02. The van der Waals surface area contributed by atoms with E-state index in [1.807, 2.05) is 31.5 Å². The summed E-state index contributed by atoms with van der Waals surface area (Å²) in [6.45, 7) is 6.51. The number of nitrogens with one attached hydrogen (secondary N) is 1. The Morgan fingerprint density at radius 1 is 1.32 bits per heavy atom. The van der Waals surface area contributed by atoms with Crippen LogP contribution in [-0.2, 0) is 13.0 Å². The van der Waals surface area contributed by atoms with Crippen molar-refractivity contribution >= 4 is 11.6 Å². The predicted molar refractivity (Wildman–Crippen MR) is 92.4 cm³/mol. The minimum Gasteiger partial charge on any atom is -0.396 e. The number of carbonyl (C=O) groups is 1. The Balaban J connectivity index is 1.69. The summed E-state index contributed by atoms with van der Waals surface area (Å²) in [6, 6.07) is 3.56. The maximum absolute atomic E-state index is 12.4. The molecule has 3 aromatic heterocycles. The summed E-state index contributed by atoms with van der Waals surface area (Å²) >= 11 is 0. The van der Waals surface area contributed by atoms with Crippen molar-refractivity contribution in [1.82, 2.24) is 29.7 Å². The first-order chi connectivity index (χ1) is 12.0. The van der Waals surface area contributed by atoms with Crippen molar-refractivity contribution in [3.05, 3.63) is 47.2 Å². The van der Waals surface area contributed by atoms with Crippen molar-refractivity contribution in [3.63, 3.8) is 0 Å². The van der Waals surface area contributed by atoms with Gasteiger partial charge in [0, 0.05) is 36.8 Å². The molecule has 25 heavy (non-hydrogen) atoms. The molecule has 8 nitrogen and oxygen atoms in total. The van der Waals surface area contributed by atoms with Crippen LogP contribution in [0.25, 0.3) is 5.65 Å². The summed E-state index contributed by atoms with van der Waals surface area (Å²) in [5.41, 5.74) is 3.79. The van der Waals surface area contributed by atoms with E-state index in [2.05, 4.69) is 20.5 Å². The summed E-state index contributed by atoms with van der Waals surface area (Å²) < 4.78 is 3.44. The first kappa shape index (κ1) is 17.1. The Hall–Kier alpha value is -2.74. The average molecular weight is 342 g/mol. The lowest BCUT2D eigenvalue weighted by atomic mass is 10.2. The molecule has 0 bridgehead atoms. The Bertz CT molecular complexity index is 898. The Kier molecular flexibility index (Phi) is 4.80. The molecule has 0 saturated heterocycles. The molecule has 0 radical (unpaired) electrons. The van der Waals surface area contributed by atoms with Gasteiger partial charge in [-0.25, -0.2) is 9.50 Å². The molecule has 1 amide bonds. The molecule has 0 aliphatic rings. The molecule has 0 spiro atoms. The number of aliphatic hydroxyl groups is 1. The Morgan fingerprint density at radius 2 is 2.12 bits per heavy atom. The average Bonchev–Trinajstić information content (AvgIpc) is 3.10. The number of fused-ring (bicyclic) bond motifs is 1. The fourth-order valence-corrected chi connectivity index (χ4v) is 2.75. The molecule has 8 heteroatoms. The number of amides is 1. The minimum absolute atomic E-state index is 0.0473. The van der Waals surface area contributed by atoms with Crippen LogP contribution in [0.15, 0.2) is 24.5 Å². The smallest absolute Gasteiger partial charge is 0.272 e. The summed E-state index contributed by atoms with van der Waals surface area (Å²) in [6.07, 6.45) is 3.96. The number of aliphatic hydroxyl groups excluding tert-OH is 1. The monoisotopic (exact) mass is 342 g/mol. The van der Waals surface area contributed by atoms with Crippen LogP contribution >= 0.6 is 0 Å². The van der Waals surface area contributed by atoms with Crippen LogP contribution in [0, 0.1) is 13.8 Å². The van der Waals surface area contributed by atoms with Gasteiger partial charge in [0.05, 0.1) is 12.2 Å². The first-order valence-corrected chi connectivity index (χ1v) is 8.23. The van der Waals surface area contributed by atoms with Crippen molar-refractivity contribution in [2.75, 3.05) is 6.61 Å². The van der Waals surface area contributed by atoms with E-state index in [1.54, 1.807) is 23.0 Å². The van der Waals surface area contributed by atoms with Crippen molar-refractivity contribution in [3.8, 4) is 0 Å². The topological polar surface area (TPSA) is 97.3 Å². The molecule has 0 unspecified atom stereocenters. The highest BCUT2D eigenvalue weighted by Gasteiger charge is 2.15. The van der Waals surface area contributed by atoms with Gasteiger partial charge in [-0.15, -0.1) is 0 Å². The molecule has 3 aromatic rings. The zero-order chi connectivity index (χ0) is 18.0. The van der Waals surface area contributed by atoms with Gasteiger partial charge in [-0.1, -0.05) is 0 Å². The molecule has 3 rings (SSSR count). The standard InChI is InChI=1S/C17H22N6O2/c1-11-6-13(3)22(20-11)9-12(2)19-17(25)15-7-16-18-8-14(4-5-24)10-23(16)21-15/h6-8,10,12,24H,4-5,9H2,1-3H3,(H,19,25)/t12-/m1/s1. The van der Waals surface area contributed by atoms with E-state index >= 15 is 0 Å². The second-order valence-corrected chi connectivity index (χ2v) is 6.25. The molecular weight excluding hydrogens is 320 g/mol. The SMILES string of the molecule is Cc1cc(C)n(C[C@@H](C)NC(=O)c2cc3ncc(CCO)cn3n2)n1. The predicted octanol–water partition coefficient (Wildman–Crippen LogP) is 0.896. The highest BCUT2D eigenvalue weighted by molar-refractivity contribution is 5.93. The van der Waals surface area contributed by atoms with E-state index in [0.717, 1.165) is 17.0 Å². The third-order valence-electron chi connectivity index (χ3n) is 3.93. The van der Waals surface area contributed by atoms with Gasteiger partial charge in [0.15, 0.2) is 11.3 Å². The van der Waals surface area contributed by atoms with Gasteiger partial charge in [0.25, 0.3) is 5.91 Å². The van der Waals surface area contributed by atoms with Crippen LogP contribution in [0.2, 0.25) is 0 Å². The maximum atomic E-state index is 12.4. The number of aromatic nitrogens is 5. The molecule has 0 aliphatic heterocycles. The first-order valence-electron chi connectivity index (χ1n) is 8.23. The molecule has 0 aromatic carbocycles. The van der Waals surface area contributed by atoms with E-state index in [-0.39, 0.29) is 18.6 Å². The Labute approximate surface area is 145 Å². The van der Waals surface area contributed by atoms with Crippen molar-refractivity contribution in [2.45, 2.75) is 39.8 Å². The molecular formula is C17H22N6O2. The van der Waals surface area contributed by atoms with Gasteiger partial charge in [-0.3, -0.25) is 9.48 Å². The molecule has 0 fully saturated rings. The number of rotatable bonds is 6.